The van der Waals surface area contributed by atoms with Crippen LogP contribution in [0, 0.1) is 0 Å². The molecule has 0 aliphatic heterocycles. The average Bonchev–Trinajstić information content (AvgIpc) is 2.83. The highest BCUT2D eigenvalue weighted by Crippen LogP contribution is 2.40. The van der Waals surface area contributed by atoms with Gasteiger partial charge in [0.15, 0.2) is 17.3 Å². The standard InChI is InChI=1S/C23H25N3O6/c1-5-32-17-7-6-14-15(21(17)26-20(27)10-24)11-25-12-16(14)22(28)13-8-18(29-2)23(31-4)19(9-13)30-3/h6-9,11-12H,5,10,24H2,1-4H3,(H,26,27). The van der Waals surface area contributed by atoms with Crippen molar-refractivity contribution in [2.24, 2.45) is 5.73 Å². The highest BCUT2D eigenvalue weighted by atomic mass is 16.5. The smallest absolute Gasteiger partial charge is 0.238 e. The van der Waals surface area contributed by atoms with Crippen LogP contribution in [0.2, 0.25) is 0 Å². The number of ether oxygens (including phenoxy) is 4. The first kappa shape index (κ1) is 22.8. The van der Waals surface area contributed by atoms with Gasteiger partial charge in [0, 0.05) is 28.9 Å². The number of nitrogens with two attached hydrogens (primary N) is 1. The molecule has 9 heteroatoms. The van der Waals surface area contributed by atoms with E-state index in [0.29, 0.717) is 57.2 Å². The van der Waals surface area contributed by atoms with Crippen LogP contribution in [0.4, 0.5) is 5.69 Å². The predicted molar refractivity (Wildman–Crippen MR) is 120 cm³/mol. The van der Waals surface area contributed by atoms with Gasteiger partial charge < -0.3 is 30.0 Å². The van der Waals surface area contributed by atoms with Gasteiger partial charge in [-0.1, -0.05) is 0 Å². The summed E-state index contributed by atoms with van der Waals surface area (Å²) in [7, 11) is 4.45. The Hall–Kier alpha value is -3.85. The molecular weight excluding hydrogens is 414 g/mol. The van der Waals surface area contributed by atoms with Crippen LogP contribution in [-0.4, -0.2) is 51.2 Å². The fraction of sp³-hybridized carbons (Fsp3) is 0.261. The lowest BCUT2D eigenvalue weighted by molar-refractivity contribution is -0.114. The molecule has 168 valence electrons. The Morgan fingerprint density at radius 2 is 1.66 bits per heavy atom. The van der Waals surface area contributed by atoms with Gasteiger partial charge in [-0.25, -0.2) is 0 Å². The van der Waals surface area contributed by atoms with Gasteiger partial charge in [0.25, 0.3) is 0 Å². The highest BCUT2D eigenvalue weighted by molar-refractivity contribution is 6.19. The van der Waals surface area contributed by atoms with Gasteiger partial charge in [-0.3, -0.25) is 14.6 Å². The van der Waals surface area contributed by atoms with Crippen molar-refractivity contribution in [2.75, 3.05) is 39.8 Å². The number of fused-ring (bicyclic) bond motifs is 1. The molecule has 0 unspecified atom stereocenters. The quantitative estimate of drug-likeness (QED) is 0.488. The topological polar surface area (TPSA) is 122 Å². The molecule has 1 heterocycles. The molecule has 3 aromatic rings. The number of carbonyl (C=O) groups excluding carboxylic acids is 2. The predicted octanol–water partition coefficient (Wildman–Crippen LogP) is 2.79. The number of ketones is 1. The molecule has 3 N–H and O–H groups in total. The molecule has 0 spiro atoms. The maximum atomic E-state index is 13.5. The summed E-state index contributed by atoms with van der Waals surface area (Å²) in [5, 5.41) is 3.89. The largest absolute Gasteiger partial charge is 0.493 e. The zero-order valence-electron chi connectivity index (χ0n) is 18.4. The summed E-state index contributed by atoms with van der Waals surface area (Å²) >= 11 is 0. The number of benzene rings is 2. The van der Waals surface area contributed by atoms with E-state index in [9.17, 15) is 9.59 Å². The van der Waals surface area contributed by atoms with E-state index >= 15 is 0 Å². The number of hydrogen-bond acceptors (Lipinski definition) is 8. The van der Waals surface area contributed by atoms with Gasteiger partial charge in [0.05, 0.1) is 40.2 Å². The van der Waals surface area contributed by atoms with Crippen molar-refractivity contribution >= 4 is 28.2 Å². The van der Waals surface area contributed by atoms with Gasteiger partial charge in [0.2, 0.25) is 11.7 Å². The highest BCUT2D eigenvalue weighted by Gasteiger charge is 2.21. The lowest BCUT2D eigenvalue weighted by atomic mass is 9.98. The van der Waals surface area contributed by atoms with Crippen molar-refractivity contribution < 1.29 is 28.5 Å². The lowest BCUT2D eigenvalue weighted by Crippen LogP contribution is -2.22. The minimum absolute atomic E-state index is 0.195. The van der Waals surface area contributed by atoms with E-state index in [0.717, 1.165) is 0 Å². The third-order valence-electron chi connectivity index (χ3n) is 4.83. The van der Waals surface area contributed by atoms with E-state index in [1.807, 2.05) is 6.92 Å². The molecule has 1 aromatic heterocycles. The van der Waals surface area contributed by atoms with Crippen LogP contribution in [-0.2, 0) is 4.79 Å². The number of hydrogen-bond donors (Lipinski definition) is 2. The van der Waals surface area contributed by atoms with Crippen molar-refractivity contribution in [1.82, 2.24) is 4.98 Å². The average molecular weight is 439 g/mol. The zero-order valence-corrected chi connectivity index (χ0v) is 18.4. The molecule has 0 aliphatic rings. The first-order valence-electron chi connectivity index (χ1n) is 9.87. The van der Waals surface area contributed by atoms with Crippen LogP contribution < -0.4 is 30.0 Å². The fourth-order valence-corrected chi connectivity index (χ4v) is 3.37. The Kier molecular flexibility index (Phi) is 7.11. The second-order valence-electron chi connectivity index (χ2n) is 6.65. The van der Waals surface area contributed by atoms with Crippen LogP contribution in [0.1, 0.15) is 22.8 Å². The van der Waals surface area contributed by atoms with Crippen LogP contribution in [0.15, 0.2) is 36.7 Å². The van der Waals surface area contributed by atoms with Gasteiger partial charge in [-0.2, -0.15) is 0 Å². The molecule has 0 atom stereocenters. The van der Waals surface area contributed by atoms with Crippen molar-refractivity contribution in [2.45, 2.75) is 6.92 Å². The number of nitrogens with one attached hydrogen (secondary N) is 1. The van der Waals surface area contributed by atoms with E-state index in [1.54, 1.807) is 30.5 Å². The number of amides is 1. The van der Waals surface area contributed by atoms with E-state index in [4.69, 9.17) is 24.7 Å². The SMILES string of the molecule is CCOc1ccc2c(C(=O)c3cc(OC)c(OC)c(OC)c3)cncc2c1NC(=O)CN. The monoisotopic (exact) mass is 439 g/mol. The number of nitrogens with zero attached hydrogens (tertiary/aromatic N) is 1. The first-order chi connectivity index (χ1) is 15.5. The molecule has 0 fully saturated rings. The molecule has 0 radical (unpaired) electrons. The van der Waals surface area contributed by atoms with Gasteiger partial charge in [-0.05, 0) is 36.6 Å². The number of carbonyl (C=O) groups is 2. The Bertz CT molecular complexity index is 1140. The molecule has 9 nitrogen and oxygen atoms in total. The van der Waals surface area contributed by atoms with Crippen molar-refractivity contribution in [3.63, 3.8) is 0 Å². The molecule has 0 saturated heterocycles. The molecule has 32 heavy (non-hydrogen) atoms. The van der Waals surface area contributed by atoms with Gasteiger partial charge in [0.1, 0.15) is 5.75 Å². The summed E-state index contributed by atoms with van der Waals surface area (Å²) < 4.78 is 21.7. The van der Waals surface area contributed by atoms with Gasteiger partial charge >= 0.3 is 0 Å². The van der Waals surface area contributed by atoms with Gasteiger partial charge in [-0.15, -0.1) is 0 Å². The minimum Gasteiger partial charge on any atom is -0.493 e. The summed E-state index contributed by atoms with van der Waals surface area (Å²) in [6.45, 7) is 2.04. The minimum atomic E-state index is -0.389. The number of anilines is 1. The molecular formula is C23H25N3O6. The molecule has 1 amide bonds. The molecule has 2 aromatic carbocycles. The fourth-order valence-electron chi connectivity index (χ4n) is 3.37. The summed E-state index contributed by atoms with van der Waals surface area (Å²) in [5.74, 6) is 0.870. The third kappa shape index (κ3) is 4.28. The Balaban J connectivity index is 2.18. The van der Waals surface area contributed by atoms with E-state index in [1.165, 1.54) is 27.5 Å². The molecule has 3 rings (SSSR count). The summed E-state index contributed by atoms with van der Waals surface area (Å²) in [5.41, 5.74) is 6.54. The summed E-state index contributed by atoms with van der Waals surface area (Å²) in [4.78, 5) is 29.7. The van der Waals surface area contributed by atoms with Crippen molar-refractivity contribution in [3.8, 4) is 23.0 Å². The lowest BCUT2D eigenvalue weighted by Gasteiger charge is -2.16. The third-order valence-corrected chi connectivity index (χ3v) is 4.83. The van der Waals surface area contributed by atoms with Crippen LogP contribution in [0.25, 0.3) is 10.8 Å². The van der Waals surface area contributed by atoms with E-state index < -0.39 is 0 Å². The number of aromatic nitrogens is 1. The zero-order chi connectivity index (χ0) is 23.3. The normalized spacial score (nSPS) is 10.5. The van der Waals surface area contributed by atoms with Crippen molar-refractivity contribution in [1.29, 1.82) is 0 Å². The number of methoxy groups -OCH3 is 3. The number of rotatable bonds is 9. The first-order valence-corrected chi connectivity index (χ1v) is 9.87. The maximum absolute atomic E-state index is 13.5. The van der Waals surface area contributed by atoms with Crippen LogP contribution >= 0.6 is 0 Å². The maximum Gasteiger partial charge on any atom is 0.238 e. The second kappa shape index (κ2) is 9.97. The molecule has 0 aliphatic carbocycles. The van der Waals surface area contributed by atoms with Crippen LogP contribution in [0.5, 0.6) is 23.0 Å². The van der Waals surface area contributed by atoms with Crippen molar-refractivity contribution in [3.05, 3.63) is 47.8 Å². The number of pyridine rings is 1. The second-order valence-corrected chi connectivity index (χ2v) is 6.65. The summed E-state index contributed by atoms with van der Waals surface area (Å²) in [6, 6.07) is 6.61. The molecule has 0 saturated carbocycles. The summed E-state index contributed by atoms with van der Waals surface area (Å²) in [6.07, 6.45) is 3.04. The van der Waals surface area contributed by atoms with E-state index in [-0.39, 0.29) is 18.2 Å². The Morgan fingerprint density at radius 3 is 2.22 bits per heavy atom. The Morgan fingerprint density at radius 1 is 0.969 bits per heavy atom. The Labute approximate surface area is 185 Å². The van der Waals surface area contributed by atoms with E-state index in [2.05, 4.69) is 10.3 Å². The molecule has 0 bridgehead atoms. The van der Waals surface area contributed by atoms with Crippen LogP contribution in [0.3, 0.4) is 0 Å².